The van der Waals surface area contributed by atoms with Crippen molar-refractivity contribution < 1.29 is 24.6 Å². The molecule has 3 fully saturated rings. The lowest BCUT2D eigenvalue weighted by Gasteiger charge is -2.36. The monoisotopic (exact) mass is 463 g/mol. The van der Waals surface area contributed by atoms with Gasteiger partial charge in [0, 0.05) is 41.4 Å². The highest BCUT2D eigenvalue weighted by Crippen LogP contribution is 2.49. The Balaban J connectivity index is 1.27. The van der Waals surface area contributed by atoms with Crippen LogP contribution in [0.4, 0.5) is 5.69 Å². The fourth-order valence-electron chi connectivity index (χ4n) is 5.18. The van der Waals surface area contributed by atoms with Crippen LogP contribution in [0.25, 0.3) is 10.9 Å². The highest BCUT2D eigenvalue weighted by atomic mass is 16.5. The quantitative estimate of drug-likeness (QED) is 0.380. The van der Waals surface area contributed by atoms with Crippen molar-refractivity contribution in [3.63, 3.8) is 0 Å². The van der Waals surface area contributed by atoms with Crippen LogP contribution in [0.2, 0.25) is 0 Å². The molecule has 8 nitrogen and oxygen atoms in total. The molecule has 1 aromatic carbocycles. The van der Waals surface area contributed by atoms with Gasteiger partial charge in [0.15, 0.2) is 0 Å². The van der Waals surface area contributed by atoms with E-state index < -0.39 is 11.5 Å². The number of fused-ring (bicyclic) bond motifs is 1. The van der Waals surface area contributed by atoms with Crippen LogP contribution in [0, 0.1) is 12.8 Å². The lowest BCUT2D eigenvalue weighted by atomic mass is 9.79. The third kappa shape index (κ3) is 4.00. The highest BCUT2D eigenvalue weighted by Gasteiger charge is 2.45. The number of carbonyl (C=O) groups excluding carboxylic acids is 1. The van der Waals surface area contributed by atoms with E-state index >= 15 is 0 Å². The maximum absolute atomic E-state index is 13.0. The van der Waals surface area contributed by atoms with E-state index in [0.29, 0.717) is 23.0 Å². The topological polar surface area (TPSA) is 100 Å². The van der Waals surface area contributed by atoms with E-state index in [1.165, 1.54) is 0 Å². The molecule has 0 bridgehead atoms. The number of hydrogen-bond acceptors (Lipinski definition) is 5. The van der Waals surface area contributed by atoms with E-state index in [-0.39, 0.29) is 17.8 Å². The van der Waals surface area contributed by atoms with E-state index in [1.54, 1.807) is 25.1 Å². The molecule has 1 amide bonds. The van der Waals surface area contributed by atoms with Gasteiger partial charge in [-0.2, -0.15) is 5.10 Å². The number of benzene rings is 1. The van der Waals surface area contributed by atoms with Gasteiger partial charge in [0.1, 0.15) is 5.75 Å². The third-order valence-corrected chi connectivity index (χ3v) is 7.61. The first-order chi connectivity index (χ1) is 16.4. The lowest BCUT2D eigenvalue weighted by molar-refractivity contribution is -0.909. The summed E-state index contributed by atoms with van der Waals surface area (Å²) >= 11 is 0. The van der Waals surface area contributed by atoms with Crippen LogP contribution in [0.1, 0.15) is 73.6 Å². The highest BCUT2D eigenvalue weighted by molar-refractivity contribution is 6.04. The van der Waals surface area contributed by atoms with Gasteiger partial charge in [-0.25, -0.2) is 0 Å². The summed E-state index contributed by atoms with van der Waals surface area (Å²) in [5.41, 5.74) is 1.63. The molecule has 6 rings (SSSR count). The van der Waals surface area contributed by atoms with Crippen molar-refractivity contribution in [1.29, 1.82) is 0 Å². The SMILES string of the molecule is Cc1cccc(C(=O)Nc2cc3cn([C@H]4CC[C@@](O)(C5CC5)CC4)nc3cc2OC2CC2)[n+]1O. The summed E-state index contributed by atoms with van der Waals surface area (Å²) in [5, 5.41) is 29.8. The number of pyridine rings is 1. The van der Waals surface area contributed by atoms with E-state index in [1.807, 2.05) is 23.0 Å². The Bertz CT molecular complexity index is 1250. The van der Waals surface area contributed by atoms with Gasteiger partial charge < -0.3 is 15.2 Å². The molecular weight excluding hydrogens is 432 g/mol. The fraction of sp³-hybridized carbons (Fsp3) is 0.500. The number of aryl methyl sites for hydroxylation is 1. The van der Waals surface area contributed by atoms with Crippen LogP contribution in [0.15, 0.2) is 36.5 Å². The summed E-state index contributed by atoms with van der Waals surface area (Å²) in [6.45, 7) is 1.73. The first kappa shape index (κ1) is 21.4. The zero-order valence-corrected chi connectivity index (χ0v) is 19.4. The van der Waals surface area contributed by atoms with Crippen molar-refractivity contribution in [2.45, 2.75) is 76.0 Å². The van der Waals surface area contributed by atoms with Crippen molar-refractivity contribution >= 4 is 22.5 Å². The van der Waals surface area contributed by atoms with E-state index in [0.717, 1.165) is 67.0 Å². The molecule has 3 aliphatic carbocycles. The summed E-state index contributed by atoms with van der Waals surface area (Å²) in [4.78, 5) is 13.0. The minimum atomic E-state index is -0.481. The van der Waals surface area contributed by atoms with Crippen molar-refractivity contribution in [3.8, 4) is 5.75 Å². The molecule has 3 saturated carbocycles. The summed E-state index contributed by atoms with van der Waals surface area (Å²) in [7, 11) is 0. The standard InChI is InChI=1S/C26H30N4O4/c1-16-3-2-4-23(30(16)33)25(31)27-22-13-17-15-29(28-21(17)14-24(22)34-20-7-8-20)19-9-11-26(32,12-10-19)18-5-6-18/h2-4,13-15,18-20,32H,5-12H2,1H3,(H-,27,31,33)/p+1/t19-,26-. The van der Waals surface area contributed by atoms with E-state index in [4.69, 9.17) is 9.84 Å². The van der Waals surface area contributed by atoms with Gasteiger partial charge in [0.05, 0.1) is 29.0 Å². The number of carbonyl (C=O) groups is 1. The minimum absolute atomic E-state index is 0.151. The van der Waals surface area contributed by atoms with Gasteiger partial charge in [-0.15, -0.1) is 0 Å². The number of aromatic nitrogens is 3. The van der Waals surface area contributed by atoms with Gasteiger partial charge in [0.2, 0.25) is 5.69 Å². The van der Waals surface area contributed by atoms with Crippen molar-refractivity contribution in [2.24, 2.45) is 5.92 Å². The second-order valence-electron chi connectivity index (χ2n) is 10.3. The third-order valence-electron chi connectivity index (χ3n) is 7.61. The zero-order valence-electron chi connectivity index (χ0n) is 19.4. The number of ether oxygens (including phenoxy) is 1. The number of anilines is 1. The van der Waals surface area contributed by atoms with Gasteiger partial charge >= 0.3 is 11.6 Å². The molecular formula is C26H31N4O4+. The second kappa shape index (κ2) is 7.98. The predicted molar refractivity (Wildman–Crippen MR) is 125 cm³/mol. The Morgan fingerprint density at radius 3 is 2.65 bits per heavy atom. The molecule has 0 aliphatic heterocycles. The van der Waals surface area contributed by atoms with Crippen LogP contribution >= 0.6 is 0 Å². The summed E-state index contributed by atoms with van der Waals surface area (Å²) in [6, 6.07) is 9.10. The number of amides is 1. The van der Waals surface area contributed by atoms with Gasteiger partial charge in [0.25, 0.3) is 0 Å². The summed E-state index contributed by atoms with van der Waals surface area (Å²) in [6.07, 6.45) is 9.99. The number of rotatable bonds is 6. The van der Waals surface area contributed by atoms with Crippen molar-refractivity contribution in [3.05, 3.63) is 47.9 Å². The molecule has 0 unspecified atom stereocenters. The smallest absolute Gasteiger partial charge is 0.325 e. The molecule has 8 heteroatoms. The molecule has 2 heterocycles. The van der Waals surface area contributed by atoms with Crippen LogP contribution < -0.4 is 14.8 Å². The Morgan fingerprint density at radius 2 is 1.94 bits per heavy atom. The van der Waals surface area contributed by atoms with Crippen LogP contribution in [0.5, 0.6) is 5.75 Å². The Morgan fingerprint density at radius 1 is 1.18 bits per heavy atom. The molecule has 3 N–H and O–H groups in total. The Kier molecular flexibility index (Phi) is 5.02. The molecule has 0 radical (unpaired) electrons. The normalized spacial score (nSPS) is 24.8. The van der Waals surface area contributed by atoms with Gasteiger partial charge in [-0.3, -0.25) is 14.7 Å². The van der Waals surface area contributed by atoms with E-state index in [9.17, 15) is 15.1 Å². The van der Waals surface area contributed by atoms with Crippen LogP contribution in [-0.4, -0.2) is 37.7 Å². The van der Waals surface area contributed by atoms with Gasteiger partial charge in [-0.1, -0.05) is 0 Å². The maximum Gasteiger partial charge on any atom is 0.325 e. The minimum Gasteiger partial charge on any atom is -0.488 e. The van der Waals surface area contributed by atoms with E-state index in [2.05, 4.69) is 5.32 Å². The molecule has 0 spiro atoms. The predicted octanol–water partition coefficient (Wildman–Crippen LogP) is 3.92. The van der Waals surface area contributed by atoms with Gasteiger partial charge in [-0.05, 0) is 69.4 Å². The van der Waals surface area contributed by atoms with Crippen LogP contribution in [0.3, 0.4) is 0 Å². The summed E-state index contributed by atoms with van der Waals surface area (Å²) < 4.78 is 9.01. The largest absolute Gasteiger partial charge is 0.488 e. The fourth-order valence-corrected chi connectivity index (χ4v) is 5.18. The molecule has 2 aromatic heterocycles. The number of aliphatic hydroxyl groups is 1. The lowest BCUT2D eigenvalue weighted by Crippen LogP contribution is -2.42. The molecule has 34 heavy (non-hydrogen) atoms. The maximum atomic E-state index is 13.0. The first-order valence-corrected chi connectivity index (χ1v) is 12.3. The average Bonchev–Trinajstić information content (AvgIpc) is 3.74. The van der Waals surface area contributed by atoms with Crippen molar-refractivity contribution in [2.75, 3.05) is 5.32 Å². The van der Waals surface area contributed by atoms with Crippen molar-refractivity contribution in [1.82, 2.24) is 9.78 Å². The average molecular weight is 464 g/mol. The zero-order chi connectivity index (χ0) is 23.4. The molecule has 178 valence electrons. The molecule has 0 atom stereocenters. The molecule has 0 saturated heterocycles. The Labute approximate surface area is 198 Å². The molecule has 3 aliphatic rings. The number of nitrogens with zero attached hydrogens (tertiary/aromatic N) is 3. The first-order valence-electron chi connectivity index (χ1n) is 12.3. The van der Waals surface area contributed by atoms with Crippen LogP contribution in [-0.2, 0) is 0 Å². The number of nitrogens with one attached hydrogen (secondary N) is 1. The summed E-state index contributed by atoms with van der Waals surface area (Å²) in [5.74, 6) is 0.673. The number of hydrogen-bond donors (Lipinski definition) is 3. The Hall–Kier alpha value is -3.13. The second-order valence-corrected chi connectivity index (χ2v) is 10.3. The molecule has 3 aromatic rings.